The summed E-state index contributed by atoms with van der Waals surface area (Å²) in [6.45, 7) is 17.9. The van der Waals surface area contributed by atoms with E-state index in [0.717, 1.165) is 0 Å². The van der Waals surface area contributed by atoms with E-state index in [9.17, 15) is 38.7 Å². The largest absolute Gasteiger partial charge is 0.396 e. The van der Waals surface area contributed by atoms with Crippen LogP contribution in [0.15, 0.2) is 0 Å². The first-order valence-corrected chi connectivity index (χ1v) is 19.6. The first-order valence-electron chi connectivity index (χ1n) is 19.6. The van der Waals surface area contributed by atoms with E-state index in [-0.39, 0.29) is 60.9 Å². The number of hydrogen-bond donors (Lipinski definition) is 4. The summed E-state index contributed by atoms with van der Waals surface area (Å²) in [5, 5.41) is 18.6. The van der Waals surface area contributed by atoms with E-state index >= 15 is 0 Å². The summed E-state index contributed by atoms with van der Waals surface area (Å²) in [6, 6.07) is -7.24. The van der Waals surface area contributed by atoms with Crippen molar-refractivity contribution in [3.05, 3.63) is 0 Å². The first kappa shape index (κ1) is 44.6. The standard InChI is InChI=1S/C39H67N7O8/c1-18(2)15-27-34(49)41-31(29-20(4)21(29)5)38(53)45(13)26(10)37(52)46(14)28(16-19(3)17-47)35(50)42-32(30-22(6)23(30)7)39(54)44(12)25(9)36(51)43(11)24(8)33(48)40-27/h18-32,47H,15-17H2,1-14H3,(H,40,48)(H,41,49)(H,42,50). The van der Waals surface area contributed by atoms with Gasteiger partial charge in [0.25, 0.3) is 0 Å². The van der Waals surface area contributed by atoms with Crippen molar-refractivity contribution in [2.75, 3.05) is 34.8 Å². The maximum Gasteiger partial charge on any atom is 0.245 e. The maximum atomic E-state index is 14.3. The van der Waals surface area contributed by atoms with Crippen molar-refractivity contribution in [1.29, 1.82) is 0 Å². The fourth-order valence-corrected chi connectivity index (χ4v) is 7.92. The number of amides is 7. The van der Waals surface area contributed by atoms with Crippen molar-refractivity contribution >= 4 is 41.4 Å². The normalized spacial score (nSPS) is 37.5. The van der Waals surface area contributed by atoms with Crippen molar-refractivity contribution in [1.82, 2.24) is 35.6 Å². The Hall–Kier alpha value is -3.75. The number of carbonyl (C=O) groups is 7. The molecule has 7 amide bonds. The van der Waals surface area contributed by atoms with Crippen molar-refractivity contribution in [3.63, 3.8) is 0 Å². The fraction of sp³-hybridized carbons (Fsp3) is 0.821. The Bertz CT molecular complexity index is 1420. The Morgan fingerprint density at radius 3 is 1.30 bits per heavy atom. The molecule has 12 unspecified atom stereocenters. The van der Waals surface area contributed by atoms with Crippen LogP contribution in [0.3, 0.4) is 0 Å². The second-order valence-corrected chi connectivity index (χ2v) is 17.1. The molecule has 1 saturated heterocycles. The molecule has 3 aliphatic rings. The third-order valence-electron chi connectivity index (χ3n) is 13.0. The van der Waals surface area contributed by atoms with Gasteiger partial charge in [0.05, 0.1) is 0 Å². The molecule has 1 aliphatic heterocycles. The van der Waals surface area contributed by atoms with Crippen molar-refractivity contribution < 1.29 is 38.7 Å². The smallest absolute Gasteiger partial charge is 0.245 e. The quantitative estimate of drug-likeness (QED) is 0.292. The Balaban J connectivity index is 2.14. The highest BCUT2D eigenvalue weighted by Crippen LogP contribution is 2.49. The predicted molar refractivity (Wildman–Crippen MR) is 203 cm³/mol. The minimum atomic E-state index is -1.11. The monoisotopic (exact) mass is 762 g/mol. The van der Waals surface area contributed by atoms with E-state index in [0.29, 0.717) is 0 Å². The third kappa shape index (κ3) is 9.54. The topological polar surface area (TPSA) is 189 Å². The number of hydrogen-bond acceptors (Lipinski definition) is 8. The van der Waals surface area contributed by atoms with Gasteiger partial charge in [-0.1, -0.05) is 48.5 Å². The number of aliphatic hydroxyl groups is 1. The lowest BCUT2D eigenvalue weighted by atomic mass is 9.98. The molecule has 0 spiro atoms. The van der Waals surface area contributed by atoms with Crippen LogP contribution in [0.4, 0.5) is 0 Å². The predicted octanol–water partition coefficient (Wildman–Crippen LogP) is 0.691. The Morgan fingerprint density at radius 1 is 0.519 bits per heavy atom. The number of aliphatic hydroxyl groups excluding tert-OH is 1. The molecule has 0 aromatic rings. The molecule has 0 bridgehead atoms. The molecule has 3 fully saturated rings. The van der Waals surface area contributed by atoms with E-state index < -0.39 is 89.6 Å². The number of rotatable bonds is 7. The van der Waals surface area contributed by atoms with Gasteiger partial charge in [0, 0.05) is 34.8 Å². The zero-order chi connectivity index (χ0) is 41.3. The summed E-state index contributed by atoms with van der Waals surface area (Å²) in [7, 11) is 5.89. The molecule has 54 heavy (non-hydrogen) atoms. The van der Waals surface area contributed by atoms with Crippen molar-refractivity contribution in [2.45, 2.75) is 124 Å². The highest BCUT2D eigenvalue weighted by Gasteiger charge is 2.54. The SMILES string of the molecule is CC(C)CC1NC(=O)C(C)N(C)C(=O)C(C)N(C)C(=O)C(C2C(C)C2C)NC(=O)C(CC(C)CO)N(C)C(=O)C(C)N(C)C(=O)C(C2C(C)C2C)NC1=O. The van der Waals surface area contributed by atoms with Gasteiger partial charge >= 0.3 is 0 Å². The molecule has 3 rings (SSSR count). The van der Waals surface area contributed by atoms with Crippen LogP contribution in [0, 0.1) is 47.3 Å². The summed E-state index contributed by atoms with van der Waals surface area (Å²) >= 11 is 0. The van der Waals surface area contributed by atoms with Crippen LogP contribution in [0.2, 0.25) is 0 Å². The molecular weight excluding hydrogens is 694 g/mol. The lowest BCUT2D eigenvalue weighted by Gasteiger charge is -2.36. The van der Waals surface area contributed by atoms with Crippen LogP contribution < -0.4 is 16.0 Å². The number of carbonyl (C=O) groups excluding carboxylic acids is 7. The summed E-state index contributed by atoms with van der Waals surface area (Å²) in [4.78, 5) is 103. The van der Waals surface area contributed by atoms with Gasteiger partial charge in [0.2, 0.25) is 41.4 Å². The van der Waals surface area contributed by atoms with E-state index in [1.54, 1.807) is 20.8 Å². The molecule has 2 aliphatic carbocycles. The zero-order valence-electron chi connectivity index (χ0n) is 34.9. The number of nitrogens with one attached hydrogen (secondary N) is 3. The van der Waals surface area contributed by atoms with Crippen LogP contribution in [-0.2, 0) is 33.6 Å². The van der Waals surface area contributed by atoms with Crippen LogP contribution >= 0.6 is 0 Å². The van der Waals surface area contributed by atoms with E-state index in [2.05, 4.69) is 16.0 Å². The molecular formula is C39H67N7O8. The van der Waals surface area contributed by atoms with Crippen molar-refractivity contribution in [3.8, 4) is 0 Å². The Kier molecular flexibility index (Phi) is 14.7. The van der Waals surface area contributed by atoms with E-state index in [1.165, 1.54) is 54.7 Å². The molecule has 1 heterocycles. The van der Waals surface area contributed by atoms with Gasteiger partial charge < -0.3 is 40.7 Å². The summed E-state index contributed by atoms with van der Waals surface area (Å²) in [5.74, 6) is -4.24. The van der Waals surface area contributed by atoms with Crippen LogP contribution in [0.1, 0.15) is 82.1 Å². The average Bonchev–Trinajstić information content (AvgIpc) is 3.95. The summed E-state index contributed by atoms with van der Waals surface area (Å²) < 4.78 is 0. The Morgan fingerprint density at radius 2 is 0.907 bits per heavy atom. The minimum Gasteiger partial charge on any atom is -0.396 e. The van der Waals surface area contributed by atoms with Crippen LogP contribution in [0.25, 0.3) is 0 Å². The number of nitrogens with zero attached hydrogens (tertiary/aromatic N) is 4. The molecule has 0 radical (unpaired) electrons. The van der Waals surface area contributed by atoms with E-state index in [4.69, 9.17) is 0 Å². The van der Waals surface area contributed by atoms with Gasteiger partial charge in [-0.15, -0.1) is 0 Å². The van der Waals surface area contributed by atoms with Gasteiger partial charge in [0.15, 0.2) is 0 Å². The first-order chi connectivity index (χ1) is 25.0. The minimum absolute atomic E-state index is 0.0173. The zero-order valence-corrected chi connectivity index (χ0v) is 34.9. The highest BCUT2D eigenvalue weighted by molar-refractivity contribution is 5.98. The van der Waals surface area contributed by atoms with Gasteiger partial charge in [-0.3, -0.25) is 33.6 Å². The molecule has 12 atom stereocenters. The maximum absolute atomic E-state index is 14.3. The Labute approximate surface area is 321 Å². The highest BCUT2D eigenvalue weighted by atomic mass is 16.3. The molecule has 2 saturated carbocycles. The molecule has 15 heteroatoms. The average molecular weight is 762 g/mol. The van der Waals surface area contributed by atoms with Crippen molar-refractivity contribution in [2.24, 2.45) is 47.3 Å². The molecule has 0 aromatic carbocycles. The molecule has 0 aromatic heterocycles. The van der Waals surface area contributed by atoms with Gasteiger partial charge in [0.1, 0.15) is 42.3 Å². The summed E-state index contributed by atoms with van der Waals surface area (Å²) in [6.07, 6.45) is 0.336. The number of likely N-dealkylation sites (N-methyl/N-ethyl adjacent to an activating group) is 4. The second kappa shape index (κ2) is 17.8. The summed E-state index contributed by atoms with van der Waals surface area (Å²) in [5.41, 5.74) is 0. The second-order valence-electron chi connectivity index (χ2n) is 17.1. The van der Waals surface area contributed by atoms with Crippen LogP contribution in [0.5, 0.6) is 0 Å². The van der Waals surface area contributed by atoms with Gasteiger partial charge in [-0.05, 0) is 81.0 Å². The van der Waals surface area contributed by atoms with Crippen LogP contribution in [-0.4, -0.2) is 143 Å². The molecule has 306 valence electrons. The lowest BCUT2D eigenvalue weighted by molar-refractivity contribution is -0.150. The lowest BCUT2D eigenvalue weighted by Crippen LogP contribution is -2.60. The van der Waals surface area contributed by atoms with Gasteiger partial charge in [-0.2, -0.15) is 0 Å². The molecule has 15 nitrogen and oxygen atoms in total. The van der Waals surface area contributed by atoms with Gasteiger partial charge in [-0.25, -0.2) is 0 Å². The fourth-order valence-electron chi connectivity index (χ4n) is 7.92. The third-order valence-corrected chi connectivity index (χ3v) is 13.0. The molecule has 4 N–H and O–H groups in total. The van der Waals surface area contributed by atoms with E-state index in [1.807, 2.05) is 41.5 Å².